The topological polar surface area (TPSA) is 79.7 Å². The summed E-state index contributed by atoms with van der Waals surface area (Å²) in [6, 6.07) is 4.46. The van der Waals surface area contributed by atoms with Crippen LogP contribution < -0.4 is 9.62 Å². The van der Waals surface area contributed by atoms with Gasteiger partial charge >= 0.3 is 16.4 Å². The number of aromatic nitrogens is 2. The number of hydrogen-bond donors (Lipinski definition) is 1. The fraction of sp³-hybridized carbons (Fsp3) is 0.632. The zero-order valence-electron chi connectivity index (χ0n) is 17.2. The van der Waals surface area contributed by atoms with Gasteiger partial charge in [0.15, 0.2) is 0 Å². The molecule has 0 radical (unpaired) electrons. The number of benzene rings is 1. The average molecular weight is 462 g/mol. The van der Waals surface area contributed by atoms with Gasteiger partial charge in [-0.1, -0.05) is 0 Å². The quantitative estimate of drug-likeness (QED) is 0.738. The van der Waals surface area contributed by atoms with Crippen molar-refractivity contribution >= 4 is 26.9 Å². The first kappa shape index (κ1) is 22.3. The van der Waals surface area contributed by atoms with Crippen LogP contribution in [0.1, 0.15) is 18.7 Å². The van der Waals surface area contributed by atoms with Crippen LogP contribution in [0.3, 0.4) is 0 Å². The second-order valence-electron chi connectivity index (χ2n) is 7.90. The molecule has 2 aliphatic heterocycles. The standard InChI is InChI=1S/C19H26F3N5O3S/c1-25(31(28,29)26-8-6-23-7-9-26)15-2-3-17-16(12-15)24-18(19(20,21)22)27(17)13-14-4-10-30-11-5-14/h2-3,12,14,23H,4-11,13H2,1H3. The highest BCUT2D eigenvalue weighted by Gasteiger charge is 2.38. The Morgan fingerprint density at radius 2 is 1.90 bits per heavy atom. The average Bonchev–Trinajstić information content (AvgIpc) is 3.12. The maximum Gasteiger partial charge on any atom is 0.449 e. The molecule has 0 atom stereocenters. The minimum atomic E-state index is -4.61. The van der Waals surface area contributed by atoms with Crippen molar-refractivity contribution in [1.29, 1.82) is 0 Å². The van der Waals surface area contributed by atoms with E-state index in [0.29, 0.717) is 57.8 Å². The molecule has 0 aliphatic carbocycles. The molecule has 2 aromatic rings. The van der Waals surface area contributed by atoms with Gasteiger partial charge < -0.3 is 14.6 Å². The number of halogens is 3. The van der Waals surface area contributed by atoms with E-state index in [1.54, 1.807) is 0 Å². The fourth-order valence-corrected chi connectivity index (χ4v) is 5.45. The van der Waals surface area contributed by atoms with Gasteiger partial charge in [0.25, 0.3) is 0 Å². The Bertz CT molecular complexity index is 1030. The van der Waals surface area contributed by atoms with E-state index < -0.39 is 22.2 Å². The Hall–Kier alpha value is -1.89. The zero-order chi connectivity index (χ0) is 22.2. The van der Waals surface area contributed by atoms with Gasteiger partial charge in [-0.25, -0.2) is 4.98 Å². The Kier molecular flexibility index (Phi) is 6.16. The van der Waals surface area contributed by atoms with Gasteiger partial charge in [-0.2, -0.15) is 25.9 Å². The molecule has 31 heavy (non-hydrogen) atoms. The van der Waals surface area contributed by atoms with Crippen molar-refractivity contribution in [3.63, 3.8) is 0 Å². The van der Waals surface area contributed by atoms with E-state index in [4.69, 9.17) is 4.74 Å². The van der Waals surface area contributed by atoms with E-state index in [2.05, 4.69) is 10.3 Å². The van der Waals surface area contributed by atoms with E-state index in [1.807, 2.05) is 0 Å². The first-order chi connectivity index (χ1) is 14.7. The molecule has 1 aromatic carbocycles. The molecule has 2 aliphatic rings. The van der Waals surface area contributed by atoms with E-state index in [0.717, 1.165) is 4.31 Å². The summed E-state index contributed by atoms with van der Waals surface area (Å²) < 4.78 is 75.9. The summed E-state index contributed by atoms with van der Waals surface area (Å²) in [6.45, 7) is 3.06. The lowest BCUT2D eigenvalue weighted by atomic mass is 10.0. The van der Waals surface area contributed by atoms with Gasteiger partial charge in [0.2, 0.25) is 5.82 Å². The van der Waals surface area contributed by atoms with Crippen LogP contribution in [0.4, 0.5) is 18.9 Å². The molecule has 0 saturated carbocycles. The third kappa shape index (κ3) is 4.52. The second-order valence-corrected chi connectivity index (χ2v) is 9.86. The van der Waals surface area contributed by atoms with Crippen LogP contribution in [0.25, 0.3) is 11.0 Å². The summed E-state index contributed by atoms with van der Waals surface area (Å²) in [5, 5.41) is 3.09. The Labute approximate surface area is 179 Å². The normalized spacial score (nSPS) is 19.7. The van der Waals surface area contributed by atoms with Crippen molar-refractivity contribution in [2.75, 3.05) is 50.7 Å². The molecule has 4 rings (SSSR count). The van der Waals surface area contributed by atoms with Gasteiger partial charge in [-0.05, 0) is 37.0 Å². The van der Waals surface area contributed by atoms with Crippen LogP contribution in [0.2, 0.25) is 0 Å². The molecule has 3 heterocycles. The molecular formula is C19H26F3N5O3S. The summed E-state index contributed by atoms with van der Waals surface area (Å²) >= 11 is 0. The van der Waals surface area contributed by atoms with Gasteiger partial charge in [-0.3, -0.25) is 4.31 Å². The smallest absolute Gasteiger partial charge is 0.381 e. The van der Waals surface area contributed by atoms with E-state index >= 15 is 0 Å². The van der Waals surface area contributed by atoms with Crippen molar-refractivity contribution < 1.29 is 26.3 Å². The highest BCUT2D eigenvalue weighted by molar-refractivity contribution is 7.90. The lowest BCUT2D eigenvalue weighted by molar-refractivity contribution is -0.147. The van der Waals surface area contributed by atoms with Crippen LogP contribution in [-0.2, 0) is 27.7 Å². The largest absolute Gasteiger partial charge is 0.449 e. The van der Waals surface area contributed by atoms with Gasteiger partial charge in [0.05, 0.1) is 16.7 Å². The molecule has 8 nitrogen and oxygen atoms in total. The molecule has 0 amide bonds. The maximum absolute atomic E-state index is 13.7. The Morgan fingerprint density at radius 1 is 1.23 bits per heavy atom. The summed E-state index contributed by atoms with van der Waals surface area (Å²) in [4.78, 5) is 3.85. The third-order valence-corrected chi connectivity index (χ3v) is 7.80. The number of anilines is 1. The lowest BCUT2D eigenvalue weighted by Gasteiger charge is -2.31. The number of nitrogens with one attached hydrogen (secondary N) is 1. The Balaban J connectivity index is 1.68. The molecule has 1 N–H and O–H groups in total. The molecule has 2 saturated heterocycles. The maximum atomic E-state index is 13.7. The summed E-state index contributed by atoms with van der Waals surface area (Å²) in [5.41, 5.74) is 0.741. The highest BCUT2D eigenvalue weighted by atomic mass is 32.2. The van der Waals surface area contributed by atoms with Crippen LogP contribution in [0.15, 0.2) is 18.2 Å². The van der Waals surface area contributed by atoms with Crippen molar-refractivity contribution in [1.82, 2.24) is 19.2 Å². The number of rotatable bonds is 5. The van der Waals surface area contributed by atoms with E-state index in [1.165, 1.54) is 34.1 Å². The molecule has 0 unspecified atom stereocenters. The minimum Gasteiger partial charge on any atom is -0.381 e. The van der Waals surface area contributed by atoms with E-state index in [-0.39, 0.29) is 23.7 Å². The SMILES string of the molecule is CN(c1ccc2c(c1)nc(C(F)(F)F)n2CC1CCOCC1)S(=O)(=O)N1CCNCC1. The van der Waals surface area contributed by atoms with Crippen molar-refractivity contribution in [2.45, 2.75) is 25.6 Å². The first-order valence-corrected chi connectivity index (χ1v) is 11.7. The number of hydrogen-bond acceptors (Lipinski definition) is 5. The van der Waals surface area contributed by atoms with Crippen molar-refractivity contribution in [3.8, 4) is 0 Å². The lowest BCUT2D eigenvalue weighted by Crippen LogP contribution is -2.51. The van der Waals surface area contributed by atoms with Crippen molar-refractivity contribution in [3.05, 3.63) is 24.0 Å². The summed E-state index contributed by atoms with van der Waals surface area (Å²) in [7, 11) is -2.38. The molecule has 0 spiro atoms. The molecular weight excluding hydrogens is 435 g/mol. The van der Waals surface area contributed by atoms with E-state index in [9.17, 15) is 21.6 Å². The number of ether oxygens (including phenoxy) is 1. The van der Waals surface area contributed by atoms with Gasteiger partial charge in [0.1, 0.15) is 0 Å². The highest BCUT2D eigenvalue weighted by Crippen LogP contribution is 2.34. The summed E-state index contributed by atoms with van der Waals surface area (Å²) in [6.07, 6.45) is -3.22. The predicted molar refractivity (Wildman–Crippen MR) is 110 cm³/mol. The predicted octanol–water partition coefficient (Wildman–Crippen LogP) is 2.07. The molecule has 12 heteroatoms. The second kappa shape index (κ2) is 8.57. The van der Waals surface area contributed by atoms with Crippen LogP contribution >= 0.6 is 0 Å². The number of piperazine rings is 1. The molecule has 1 aromatic heterocycles. The number of alkyl halides is 3. The monoisotopic (exact) mass is 461 g/mol. The number of nitrogens with zero attached hydrogens (tertiary/aromatic N) is 4. The van der Waals surface area contributed by atoms with Gasteiger partial charge in [0, 0.05) is 53.0 Å². The van der Waals surface area contributed by atoms with Crippen LogP contribution in [0.5, 0.6) is 0 Å². The third-order valence-electron chi connectivity index (χ3n) is 5.88. The minimum absolute atomic E-state index is 0.0719. The zero-order valence-corrected chi connectivity index (χ0v) is 18.0. The first-order valence-electron chi connectivity index (χ1n) is 10.3. The van der Waals surface area contributed by atoms with Gasteiger partial charge in [-0.15, -0.1) is 0 Å². The molecule has 172 valence electrons. The molecule has 0 bridgehead atoms. The molecule has 2 fully saturated rings. The number of imidazole rings is 1. The van der Waals surface area contributed by atoms with Crippen molar-refractivity contribution in [2.24, 2.45) is 5.92 Å². The number of fused-ring (bicyclic) bond motifs is 1. The fourth-order valence-electron chi connectivity index (χ4n) is 4.08. The van der Waals surface area contributed by atoms with Crippen LogP contribution in [0, 0.1) is 5.92 Å². The van der Waals surface area contributed by atoms with Crippen LogP contribution in [-0.4, -0.2) is 68.7 Å². The summed E-state index contributed by atoms with van der Waals surface area (Å²) in [5.74, 6) is -0.888. The Morgan fingerprint density at radius 3 is 2.55 bits per heavy atom.